The topological polar surface area (TPSA) is 54.3 Å². The van der Waals surface area contributed by atoms with Crippen LogP contribution in [0.5, 0.6) is 0 Å². The molecule has 2 N–H and O–H groups in total. The van der Waals surface area contributed by atoms with Crippen LogP contribution in [0.25, 0.3) is 6.08 Å². The van der Waals surface area contributed by atoms with Crippen LogP contribution in [-0.2, 0) is 11.3 Å². The highest BCUT2D eigenvalue weighted by Crippen LogP contribution is 2.19. The van der Waals surface area contributed by atoms with Crippen molar-refractivity contribution < 1.29 is 14.4 Å². The van der Waals surface area contributed by atoms with Gasteiger partial charge in [-0.2, -0.15) is 0 Å². The summed E-state index contributed by atoms with van der Waals surface area (Å²) in [6.07, 6.45) is 4.58. The van der Waals surface area contributed by atoms with E-state index in [2.05, 4.69) is 0 Å². The lowest BCUT2D eigenvalue weighted by molar-refractivity contribution is -0.124. The van der Waals surface area contributed by atoms with Gasteiger partial charge in [-0.15, -0.1) is 0 Å². The molecule has 0 aliphatic rings. The number of nitrogens with zero attached hydrogens (tertiary/aromatic N) is 1. The van der Waals surface area contributed by atoms with Crippen LogP contribution in [0.3, 0.4) is 0 Å². The van der Waals surface area contributed by atoms with Crippen molar-refractivity contribution in [3.63, 3.8) is 0 Å². The Kier molecular flexibility index (Phi) is 4.55. The van der Waals surface area contributed by atoms with Gasteiger partial charge in [-0.3, -0.25) is 10.0 Å². The summed E-state index contributed by atoms with van der Waals surface area (Å²) >= 11 is 5.98. The number of hydroxylamine groups is 1. The first-order valence-corrected chi connectivity index (χ1v) is 6.19. The number of nitrogens with one attached hydrogen (secondary N) is 1. The minimum atomic E-state index is -0.613. The van der Waals surface area contributed by atoms with E-state index in [0.29, 0.717) is 11.6 Å². The fourth-order valence-corrected chi connectivity index (χ4v) is 1.98. The lowest BCUT2D eigenvalue weighted by Gasteiger charge is -2.08. The van der Waals surface area contributed by atoms with Crippen LogP contribution in [0.15, 0.2) is 42.6 Å². The number of halogens is 2. The number of amides is 1. The Balaban J connectivity index is 2.20. The van der Waals surface area contributed by atoms with E-state index < -0.39 is 5.91 Å². The molecule has 1 amide bonds. The zero-order valence-corrected chi connectivity index (χ0v) is 11.1. The van der Waals surface area contributed by atoms with Crippen molar-refractivity contribution in [3.8, 4) is 0 Å². The summed E-state index contributed by atoms with van der Waals surface area (Å²) in [6, 6.07) is 7.84. The van der Waals surface area contributed by atoms with Crippen LogP contribution in [0.4, 0.5) is 4.39 Å². The molecule has 0 atom stereocenters. The van der Waals surface area contributed by atoms with E-state index in [0.717, 1.165) is 11.3 Å². The van der Waals surface area contributed by atoms with Gasteiger partial charge in [0.2, 0.25) is 0 Å². The Morgan fingerprint density at radius 2 is 2.25 bits per heavy atom. The molecule has 1 aromatic carbocycles. The van der Waals surface area contributed by atoms with Crippen molar-refractivity contribution >= 4 is 23.6 Å². The standard InChI is InChI=1S/C14H12ClFN2O2/c15-13-8-11(16)4-3-10(13)9-18-7-1-2-12(18)5-6-14(19)17-20/h1-8,20H,9H2,(H,17,19). The van der Waals surface area contributed by atoms with E-state index in [1.807, 2.05) is 16.8 Å². The van der Waals surface area contributed by atoms with Gasteiger partial charge in [-0.05, 0) is 35.9 Å². The molecule has 0 saturated heterocycles. The van der Waals surface area contributed by atoms with E-state index in [1.54, 1.807) is 18.2 Å². The van der Waals surface area contributed by atoms with Crippen molar-refractivity contribution in [2.24, 2.45) is 0 Å². The third-order valence-corrected chi connectivity index (χ3v) is 3.09. The second-order valence-corrected chi connectivity index (χ2v) is 4.51. The summed E-state index contributed by atoms with van der Waals surface area (Å²) in [5.74, 6) is -0.997. The van der Waals surface area contributed by atoms with E-state index >= 15 is 0 Å². The van der Waals surface area contributed by atoms with Crippen molar-refractivity contribution in [3.05, 3.63) is 64.7 Å². The number of hydrogen-bond acceptors (Lipinski definition) is 2. The minimum absolute atomic E-state index is 0.349. The molecule has 0 radical (unpaired) electrons. The van der Waals surface area contributed by atoms with Crippen molar-refractivity contribution in [1.82, 2.24) is 10.0 Å². The third-order valence-electron chi connectivity index (χ3n) is 2.74. The number of hydrogen-bond donors (Lipinski definition) is 2. The van der Waals surface area contributed by atoms with E-state index in [1.165, 1.54) is 23.7 Å². The molecule has 0 spiro atoms. The van der Waals surface area contributed by atoms with Crippen LogP contribution in [-0.4, -0.2) is 15.7 Å². The SMILES string of the molecule is O=C(C=Cc1cccn1Cc1ccc(F)cc1Cl)NO. The number of carbonyl (C=O) groups excluding carboxylic acids is 1. The quantitative estimate of drug-likeness (QED) is 0.517. The Morgan fingerprint density at radius 1 is 1.45 bits per heavy atom. The Morgan fingerprint density at radius 3 is 2.95 bits per heavy atom. The fourth-order valence-electron chi connectivity index (χ4n) is 1.75. The van der Waals surface area contributed by atoms with E-state index in [-0.39, 0.29) is 5.82 Å². The van der Waals surface area contributed by atoms with Gasteiger partial charge in [0.15, 0.2) is 0 Å². The number of carbonyl (C=O) groups is 1. The summed E-state index contributed by atoms with van der Waals surface area (Å²) < 4.78 is 14.8. The predicted octanol–water partition coefficient (Wildman–Crippen LogP) is 2.85. The van der Waals surface area contributed by atoms with Gasteiger partial charge in [0.05, 0.1) is 0 Å². The maximum Gasteiger partial charge on any atom is 0.267 e. The maximum absolute atomic E-state index is 13.0. The normalized spacial score (nSPS) is 10.9. The number of aromatic nitrogens is 1. The lowest BCUT2D eigenvalue weighted by atomic mass is 10.2. The molecule has 4 nitrogen and oxygen atoms in total. The first-order chi connectivity index (χ1) is 9.60. The molecule has 2 aromatic rings. The maximum atomic E-state index is 13.0. The third kappa shape index (κ3) is 3.46. The Bertz CT molecular complexity index is 652. The molecule has 0 unspecified atom stereocenters. The lowest BCUT2D eigenvalue weighted by Crippen LogP contribution is -2.15. The van der Waals surface area contributed by atoms with Crippen LogP contribution in [0.2, 0.25) is 5.02 Å². The van der Waals surface area contributed by atoms with E-state index in [4.69, 9.17) is 16.8 Å². The molecular formula is C14H12ClFN2O2. The molecular weight excluding hydrogens is 283 g/mol. The van der Waals surface area contributed by atoms with Crippen LogP contribution < -0.4 is 5.48 Å². The Labute approximate surface area is 120 Å². The van der Waals surface area contributed by atoms with Crippen LogP contribution >= 0.6 is 11.6 Å². The summed E-state index contributed by atoms with van der Waals surface area (Å²) in [4.78, 5) is 10.9. The second kappa shape index (κ2) is 6.36. The zero-order chi connectivity index (χ0) is 14.5. The van der Waals surface area contributed by atoms with Crippen LogP contribution in [0, 0.1) is 5.82 Å². The van der Waals surface area contributed by atoms with Crippen molar-refractivity contribution in [2.45, 2.75) is 6.54 Å². The molecule has 104 valence electrons. The molecule has 0 aliphatic heterocycles. The first-order valence-electron chi connectivity index (χ1n) is 5.81. The van der Waals surface area contributed by atoms with Gasteiger partial charge in [0.1, 0.15) is 5.82 Å². The molecule has 1 aromatic heterocycles. The predicted molar refractivity (Wildman–Crippen MR) is 73.9 cm³/mol. The highest BCUT2D eigenvalue weighted by Gasteiger charge is 2.05. The summed E-state index contributed by atoms with van der Waals surface area (Å²) in [5, 5.41) is 8.77. The largest absolute Gasteiger partial charge is 0.344 e. The fraction of sp³-hybridized carbons (Fsp3) is 0.0714. The van der Waals surface area contributed by atoms with Gasteiger partial charge in [-0.25, -0.2) is 9.87 Å². The summed E-state index contributed by atoms with van der Waals surface area (Å²) in [7, 11) is 0. The van der Waals surface area contributed by atoms with Crippen LogP contribution in [0.1, 0.15) is 11.3 Å². The van der Waals surface area contributed by atoms with E-state index in [9.17, 15) is 9.18 Å². The summed E-state index contributed by atoms with van der Waals surface area (Å²) in [5.41, 5.74) is 3.04. The monoisotopic (exact) mass is 294 g/mol. The van der Waals surface area contributed by atoms with Crippen molar-refractivity contribution in [1.29, 1.82) is 0 Å². The smallest absolute Gasteiger partial charge is 0.267 e. The average Bonchev–Trinajstić information content (AvgIpc) is 2.86. The molecule has 20 heavy (non-hydrogen) atoms. The molecule has 0 saturated carbocycles. The molecule has 0 bridgehead atoms. The highest BCUT2D eigenvalue weighted by molar-refractivity contribution is 6.31. The molecule has 0 aliphatic carbocycles. The van der Waals surface area contributed by atoms with Gasteiger partial charge in [0, 0.05) is 29.5 Å². The molecule has 1 heterocycles. The zero-order valence-electron chi connectivity index (χ0n) is 10.4. The number of benzene rings is 1. The van der Waals surface area contributed by atoms with Gasteiger partial charge < -0.3 is 4.57 Å². The highest BCUT2D eigenvalue weighted by atomic mass is 35.5. The molecule has 2 rings (SSSR count). The van der Waals surface area contributed by atoms with Crippen molar-refractivity contribution in [2.75, 3.05) is 0 Å². The Hall–Kier alpha value is -2.11. The minimum Gasteiger partial charge on any atom is -0.344 e. The summed E-state index contributed by atoms with van der Waals surface area (Å²) in [6.45, 7) is 0.451. The number of rotatable bonds is 4. The van der Waals surface area contributed by atoms with Gasteiger partial charge in [0.25, 0.3) is 5.91 Å². The van der Waals surface area contributed by atoms with Gasteiger partial charge >= 0.3 is 0 Å². The average molecular weight is 295 g/mol. The molecule has 6 heteroatoms. The first kappa shape index (κ1) is 14.3. The molecule has 0 fully saturated rings. The van der Waals surface area contributed by atoms with Gasteiger partial charge in [-0.1, -0.05) is 17.7 Å². The second-order valence-electron chi connectivity index (χ2n) is 4.11.